The van der Waals surface area contributed by atoms with Crippen LogP contribution in [0.15, 0.2) is 78.9 Å². The highest BCUT2D eigenvalue weighted by Crippen LogP contribution is 2.35. The SMILES string of the molecule is COc1cc([C@@H]2OCCN([C@@H](C)c3ccccc3)C(=O)[C@H]2O)ccc1OCc1ccccc1. The van der Waals surface area contributed by atoms with Crippen LogP contribution in [0, 0.1) is 0 Å². The van der Waals surface area contributed by atoms with E-state index in [9.17, 15) is 9.90 Å². The number of ether oxygens (including phenoxy) is 3. The molecule has 1 N–H and O–H groups in total. The van der Waals surface area contributed by atoms with E-state index in [0.29, 0.717) is 36.8 Å². The lowest BCUT2D eigenvalue weighted by Gasteiger charge is -2.29. The molecule has 0 bridgehead atoms. The average molecular weight is 448 g/mol. The third kappa shape index (κ3) is 5.18. The summed E-state index contributed by atoms with van der Waals surface area (Å²) in [5.74, 6) is 0.751. The molecule has 0 spiro atoms. The molecule has 1 amide bonds. The van der Waals surface area contributed by atoms with E-state index < -0.39 is 12.2 Å². The number of aliphatic hydroxyl groups excluding tert-OH is 1. The Bertz CT molecular complexity index is 1060. The van der Waals surface area contributed by atoms with Crippen LogP contribution in [0.4, 0.5) is 0 Å². The fourth-order valence-electron chi connectivity index (χ4n) is 4.07. The smallest absolute Gasteiger partial charge is 0.255 e. The van der Waals surface area contributed by atoms with Gasteiger partial charge in [0, 0.05) is 6.54 Å². The Labute approximate surface area is 194 Å². The summed E-state index contributed by atoms with van der Waals surface area (Å²) in [6.07, 6.45) is -2.11. The van der Waals surface area contributed by atoms with Crippen LogP contribution in [0.1, 0.15) is 35.8 Å². The van der Waals surface area contributed by atoms with Crippen LogP contribution in [0.25, 0.3) is 0 Å². The summed E-state index contributed by atoms with van der Waals surface area (Å²) in [5.41, 5.74) is 2.72. The van der Waals surface area contributed by atoms with E-state index in [-0.39, 0.29) is 11.9 Å². The molecular weight excluding hydrogens is 418 g/mol. The first-order valence-corrected chi connectivity index (χ1v) is 11.1. The predicted octanol–water partition coefficient (Wildman–Crippen LogP) is 4.30. The van der Waals surface area contributed by atoms with Crippen molar-refractivity contribution in [3.63, 3.8) is 0 Å². The summed E-state index contributed by atoms with van der Waals surface area (Å²) in [6.45, 7) is 3.09. The minimum Gasteiger partial charge on any atom is -0.493 e. The molecule has 0 aliphatic carbocycles. The number of nitrogens with zero attached hydrogens (tertiary/aromatic N) is 1. The third-order valence-corrected chi connectivity index (χ3v) is 5.96. The van der Waals surface area contributed by atoms with Gasteiger partial charge >= 0.3 is 0 Å². The zero-order chi connectivity index (χ0) is 23.2. The van der Waals surface area contributed by atoms with Crippen LogP contribution in [0.3, 0.4) is 0 Å². The Morgan fingerprint density at radius 1 is 1.03 bits per heavy atom. The highest BCUT2D eigenvalue weighted by atomic mass is 16.5. The molecule has 3 aromatic carbocycles. The van der Waals surface area contributed by atoms with Crippen molar-refractivity contribution < 1.29 is 24.1 Å². The zero-order valence-electron chi connectivity index (χ0n) is 18.9. The van der Waals surface area contributed by atoms with Crippen LogP contribution < -0.4 is 9.47 Å². The molecule has 6 heteroatoms. The van der Waals surface area contributed by atoms with E-state index in [0.717, 1.165) is 11.1 Å². The van der Waals surface area contributed by atoms with Gasteiger partial charge in [-0.1, -0.05) is 66.7 Å². The Balaban J connectivity index is 1.50. The van der Waals surface area contributed by atoms with Gasteiger partial charge in [-0.25, -0.2) is 0 Å². The second-order valence-corrected chi connectivity index (χ2v) is 8.04. The van der Waals surface area contributed by atoms with E-state index >= 15 is 0 Å². The van der Waals surface area contributed by atoms with Crippen molar-refractivity contribution in [1.29, 1.82) is 0 Å². The first kappa shape index (κ1) is 22.8. The molecule has 0 unspecified atom stereocenters. The second-order valence-electron chi connectivity index (χ2n) is 8.04. The number of carbonyl (C=O) groups is 1. The number of carbonyl (C=O) groups excluding carboxylic acids is 1. The van der Waals surface area contributed by atoms with E-state index in [4.69, 9.17) is 14.2 Å². The van der Waals surface area contributed by atoms with E-state index in [1.54, 1.807) is 30.2 Å². The molecule has 6 nitrogen and oxygen atoms in total. The quantitative estimate of drug-likeness (QED) is 0.585. The topological polar surface area (TPSA) is 68.2 Å². The number of hydrogen-bond donors (Lipinski definition) is 1. The number of benzene rings is 3. The van der Waals surface area contributed by atoms with Crippen LogP contribution in [-0.4, -0.2) is 42.3 Å². The molecule has 1 saturated heterocycles. The van der Waals surface area contributed by atoms with Gasteiger partial charge in [0.1, 0.15) is 12.7 Å². The highest BCUT2D eigenvalue weighted by molar-refractivity contribution is 5.82. The molecule has 0 saturated carbocycles. The van der Waals surface area contributed by atoms with Crippen molar-refractivity contribution in [3.05, 3.63) is 95.6 Å². The van der Waals surface area contributed by atoms with Crippen LogP contribution >= 0.6 is 0 Å². The first-order chi connectivity index (χ1) is 16.1. The molecule has 1 aliphatic rings. The van der Waals surface area contributed by atoms with Gasteiger partial charge in [-0.05, 0) is 35.7 Å². The van der Waals surface area contributed by atoms with Crippen LogP contribution in [0.2, 0.25) is 0 Å². The Morgan fingerprint density at radius 2 is 1.73 bits per heavy atom. The molecule has 1 heterocycles. The van der Waals surface area contributed by atoms with E-state index in [2.05, 4.69) is 0 Å². The Morgan fingerprint density at radius 3 is 2.42 bits per heavy atom. The number of amides is 1. The summed E-state index contributed by atoms with van der Waals surface area (Å²) in [4.78, 5) is 14.8. The van der Waals surface area contributed by atoms with Crippen molar-refractivity contribution >= 4 is 5.91 Å². The van der Waals surface area contributed by atoms with Gasteiger partial charge in [-0.2, -0.15) is 0 Å². The molecule has 172 valence electrons. The number of aliphatic hydroxyl groups is 1. The van der Waals surface area contributed by atoms with Crippen molar-refractivity contribution in [2.75, 3.05) is 20.3 Å². The average Bonchev–Trinajstić information content (AvgIpc) is 3.01. The molecule has 33 heavy (non-hydrogen) atoms. The molecule has 1 aliphatic heterocycles. The van der Waals surface area contributed by atoms with E-state index in [1.165, 1.54) is 0 Å². The van der Waals surface area contributed by atoms with Crippen LogP contribution in [0.5, 0.6) is 11.5 Å². The molecule has 3 atom stereocenters. The Hall–Kier alpha value is -3.35. The lowest BCUT2D eigenvalue weighted by Crippen LogP contribution is -2.41. The fraction of sp³-hybridized carbons (Fsp3) is 0.296. The van der Waals surface area contributed by atoms with Crippen molar-refractivity contribution in [2.24, 2.45) is 0 Å². The molecule has 0 radical (unpaired) electrons. The van der Waals surface area contributed by atoms with Crippen molar-refractivity contribution in [3.8, 4) is 11.5 Å². The minimum atomic E-state index is -1.32. The van der Waals surface area contributed by atoms with Gasteiger partial charge in [-0.15, -0.1) is 0 Å². The van der Waals surface area contributed by atoms with Gasteiger partial charge in [0.05, 0.1) is 19.8 Å². The minimum absolute atomic E-state index is 0.168. The Kier molecular flexibility index (Phi) is 7.27. The molecule has 3 aromatic rings. The largest absolute Gasteiger partial charge is 0.493 e. The van der Waals surface area contributed by atoms with Gasteiger partial charge in [0.2, 0.25) is 0 Å². The van der Waals surface area contributed by atoms with E-state index in [1.807, 2.05) is 67.6 Å². The maximum Gasteiger partial charge on any atom is 0.255 e. The predicted molar refractivity (Wildman–Crippen MR) is 125 cm³/mol. The van der Waals surface area contributed by atoms with Gasteiger partial charge in [0.15, 0.2) is 17.6 Å². The fourth-order valence-corrected chi connectivity index (χ4v) is 4.07. The van der Waals surface area contributed by atoms with Crippen LogP contribution in [-0.2, 0) is 16.1 Å². The number of methoxy groups -OCH3 is 1. The second kappa shape index (κ2) is 10.5. The molecule has 4 rings (SSSR count). The highest BCUT2D eigenvalue weighted by Gasteiger charge is 2.37. The maximum absolute atomic E-state index is 13.2. The molecule has 1 fully saturated rings. The summed E-state index contributed by atoms with van der Waals surface area (Å²) < 4.78 is 17.4. The lowest BCUT2D eigenvalue weighted by molar-refractivity contribution is -0.145. The summed E-state index contributed by atoms with van der Waals surface area (Å²) >= 11 is 0. The summed E-state index contributed by atoms with van der Waals surface area (Å²) in [5, 5.41) is 10.9. The number of hydrogen-bond acceptors (Lipinski definition) is 5. The van der Waals surface area contributed by atoms with Crippen molar-refractivity contribution in [1.82, 2.24) is 4.90 Å². The maximum atomic E-state index is 13.2. The molecule has 0 aromatic heterocycles. The van der Waals surface area contributed by atoms with Gasteiger partial charge in [0.25, 0.3) is 5.91 Å². The van der Waals surface area contributed by atoms with Crippen molar-refractivity contribution in [2.45, 2.75) is 31.8 Å². The number of rotatable bonds is 7. The molecular formula is C27H29NO5. The summed E-state index contributed by atoms with van der Waals surface area (Å²) in [7, 11) is 1.56. The van der Waals surface area contributed by atoms with Gasteiger partial charge < -0.3 is 24.2 Å². The monoisotopic (exact) mass is 447 g/mol. The standard InChI is InChI=1S/C27H29NO5/c1-19(21-11-7-4-8-12-21)28-15-16-32-26(25(29)27(28)30)22-13-14-23(24(17-22)31-2)33-18-20-9-5-3-6-10-20/h3-14,17,19,25-26,29H,15-16,18H2,1-2H3/t19-,25-,26-/m0/s1. The lowest BCUT2D eigenvalue weighted by atomic mass is 10.0. The first-order valence-electron chi connectivity index (χ1n) is 11.1. The third-order valence-electron chi connectivity index (χ3n) is 5.96. The van der Waals surface area contributed by atoms with Gasteiger partial charge in [-0.3, -0.25) is 4.79 Å². The zero-order valence-corrected chi connectivity index (χ0v) is 18.9. The summed E-state index contributed by atoms with van der Waals surface area (Å²) in [6, 6.07) is 24.8. The normalized spacial score (nSPS) is 19.6.